The molecule has 0 spiro atoms. The number of nitrogens with one attached hydrogen (secondary N) is 1. The summed E-state index contributed by atoms with van der Waals surface area (Å²) < 4.78 is 2.31. The highest BCUT2D eigenvalue weighted by molar-refractivity contribution is 9.10. The van der Waals surface area contributed by atoms with Gasteiger partial charge in [0.15, 0.2) is 5.82 Å². The molecule has 19 heavy (non-hydrogen) atoms. The van der Waals surface area contributed by atoms with Gasteiger partial charge in [0.25, 0.3) is 5.91 Å². The first-order valence-corrected chi connectivity index (χ1v) is 6.81. The minimum absolute atomic E-state index is 0.153. The Hall–Kier alpha value is -1.40. The molecule has 1 heterocycles. The van der Waals surface area contributed by atoms with Crippen molar-refractivity contribution >= 4 is 33.4 Å². The Morgan fingerprint density at radius 3 is 2.95 bits per heavy atom. The number of halogens is 2. The maximum atomic E-state index is 11.9. The first-order chi connectivity index (χ1) is 9.06. The number of hydrogen-bond donors (Lipinski definition) is 1. The van der Waals surface area contributed by atoms with Gasteiger partial charge < -0.3 is 5.32 Å². The summed E-state index contributed by atoms with van der Waals surface area (Å²) in [7, 11) is 1.81. The number of carbonyl (C=O) groups is 1. The number of nitrogens with zero attached hydrogens (tertiary/aromatic N) is 3. The average Bonchev–Trinajstić information content (AvgIpc) is 2.75. The fraction of sp³-hybridized carbons (Fsp3) is 0.250. The van der Waals surface area contributed by atoms with Crippen LogP contribution in [0.3, 0.4) is 0 Å². The fourth-order valence-corrected chi connectivity index (χ4v) is 2.42. The maximum Gasteiger partial charge on any atom is 0.252 e. The molecular weight excluding hydrogens is 332 g/mol. The lowest BCUT2D eigenvalue weighted by Gasteiger charge is -2.06. The first kappa shape index (κ1) is 14.0. The number of amides is 1. The fourth-order valence-electron chi connectivity index (χ4n) is 1.56. The molecule has 2 aromatic rings. The van der Waals surface area contributed by atoms with Crippen LogP contribution in [0.2, 0.25) is 5.02 Å². The Morgan fingerprint density at radius 2 is 2.32 bits per heavy atom. The van der Waals surface area contributed by atoms with Crippen molar-refractivity contribution in [2.24, 2.45) is 7.05 Å². The van der Waals surface area contributed by atoms with Crippen molar-refractivity contribution in [3.05, 3.63) is 45.4 Å². The first-order valence-electron chi connectivity index (χ1n) is 5.64. The van der Waals surface area contributed by atoms with Crippen molar-refractivity contribution in [2.75, 3.05) is 6.54 Å². The van der Waals surface area contributed by atoms with E-state index in [2.05, 4.69) is 31.3 Å². The molecule has 100 valence electrons. The predicted octanol–water partition coefficient (Wildman–Crippen LogP) is 2.20. The van der Waals surface area contributed by atoms with Gasteiger partial charge in [-0.3, -0.25) is 9.48 Å². The minimum atomic E-state index is -0.153. The summed E-state index contributed by atoms with van der Waals surface area (Å²) in [5.41, 5.74) is 0.554. The van der Waals surface area contributed by atoms with E-state index in [-0.39, 0.29) is 5.91 Å². The van der Waals surface area contributed by atoms with Crippen LogP contribution in [-0.4, -0.2) is 27.2 Å². The van der Waals surface area contributed by atoms with E-state index in [9.17, 15) is 4.79 Å². The monoisotopic (exact) mass is 342 g/mol. The Kier molecular flexibility index (Phi) is 4.55. The van der Waals surface area contributed by atoms with E-state index >= 15 is 0 Å². The zero-order valence-electron chi connectivity index (χ0n) is 10.2. The van der Waals surface area contributed by atoms with Crippen LogP contribution in [0.5, 0.6) is 0 Å². The molecule has 0 saturated heterocycles. The standard InChI is InChI=1S/C12H12BrClN4O/c1-18-7-16-11(17-18)4-5-15-12(19)9-3-2-8(14)6-10(9)13/h2-3,6-7H,4-5H2,1H3,(H,15,19). The lowest BCUT2D eigenvalue weighted by atomic mass is 10.2. The molecule has 1 N–H and O–H groups in total. The molecule has 0 fully saturated rings. The van der Waals surface area contributed by atoms with Gasteiger partial charge >= 0.3 is 0 Å². The minimum Gasteiger partial charge on any atom is -0.352 e. The number of aromatic nitrogens is 3. The summed E-state index contributed by atoms with van der Waals surface area (Å²) in [6.45, 7) is 0.484. The summed E-state index contributed by atoms with van der Waals surface area (Å²) in [6.07, 6.45) is 2.23. The van der Waals surface area contributed by atoms with E-state index in [0.29, 0.717) is 33.8 Å². The molecule has 0 radical (unpaired) electrons. The summed E-state index contributed by atoms with van der Waals surface area (Å²) in [5, 5.41) is 7.54. The van der Waals surface area contributed by atoms with Crippen molar-refractivity contribution in [2.45, 2.75) is 6.42 Å². The lowest BCUT2D eigenvalue weighted by Crippen LogP contribution is -2.26. The van der Waals surface area contributed by atoms with Crippen molar-refractivity contribution < 1.29 is 4.79 Å². The predicted molar refractivity (Wildman–Crippen MR) is 76.2 cm³/mol. The molecule has 0 aliphatic heterocycles. The normalized spacial score (nSPS) is 10.5. The Balaban J connectivity index is 1.90. The van der Waals surface area contributed by atoms with Gasteiger partial charge in [-0.05, 0) is 34.1 Å². The van der Waals surface area contributed by atoms with Gasteiger partial charge in [-0.2, -0.15) is 5.10 Å². The molecule has 0 atom stereocenters. The van der Waals surface area contributed by atoms with Crippen LogP contribution in [0.25, 0.3) is 0 Å². The smallest absolute Gasteiger partial charge is 0.252 e. The molecule has 1 aromatic carbocycles. The largest absolute Gasteiger partial charge is 0.352 e. The molecule has 0 saturated carbocycles. The summed E-state index contributed by atoms with van der Waals surface area (Å²) in [4.78, 5) is 16.0. The van der Waals surface area contributed by atoms with Gasteiger partial charge in [0.2, 0.25) is 0 Å². The molecule has 1 amide bonds. The van der Waals surface area contributed by atoms with Crippen molar-refractivity contribution in [1.29, 1.82) is 0 Å². The lowest BCUT2D eigenvalue weighted by molar-refractivity contribution is 0.0953. The van der Waals surface area contributed by atoms with Crippen LogP contribution >= 0.6 is 27.5 Å². The number of hydrogen-bond acceptors (Lipinski definition) is 3. The van der Waals surface area contributed by atoms with Gasteiger partial charge in [-0.15, -0.1) is 0 Å². The number of rotatable bonds is 4. The van der Waals surface area contributed by atoms with Crippen LogP contribution in [0, 0.1) is 0 Å². The highest BCUT2D eigenvalue weighted by Gasteiger charge is 2.10. The molecule has 7 heteroatoms. The molecule has 1 aromatic heterocycles. The van der Waals surface area contributed by atoms with E-state index in [0.717, 1.165) is 0 Å². The average molecular weight is 344 g/mol. The van der Waals surface area contributed by atoms with E-state index in [1.807, 2.05) is 0 Å². The van der Waals surface area contributed by atoms with Gasteiger partial charge in [-0.1, -0.05) is 11.6 Å². The van der Waals surface area contributed by atoms with Gasteiger partial charge in [0, 0.05) is 29.5 Å². The van der Waals surface area contributed by atoms with E-state index in [1.165, 1.54) is 0 Å². The van der Waals surface area contributed by atoms with Crippen LogP contribution in [-0.2, 0) is 13.5 Å². The second-order valence-electron chi connectivity index (χ2n) is 3.96. The molecule has 5 nitrogen and oxygen atoms in total. The Labute approximate surface area is 124 Å². The summed E-state index contributed by atoms with van der Waals surface area (Å²) >= 11 is 9.14. The second kappa shape index (κ2) is 6.16. The SMILES string of the molecule is Cn1cnc(CCNC(=O)c2ccc(Cl)cc2Br)n1. The number of benzene rings is 1. The van der Waals surface area contributed by atoms with Gasteiger partial charge in [-0.25, -0.2) is 4.98 Å². The van der Waals surface area contributed by atoms with Crippen LogP contribution in [0.15, 0.2) is 29.0 Å². The summed E-state index contributed by atoms with van der Waals surface area (Å²) in [5.74, 6) is 0.553. The third-order valence-corrected chi connectivity index (χ3v) is 3.35. The molecule has 0 bridgehead atoms. The van der Waals surface area contributed by atoms with Crippen LogP contribution in [0.4, 0.5) is 0 Å². The molecular formula is C12H12BrClN4O. The van der Waals surface area contributed by atoms with E-state index in [1.54, 1.807) is 36.3 Å². The molecule has 0 aliphatic rings. The highest BCUT2D eigenvalue weighted by atomic mass is 79.9. The Bertz CT molecular complexity index is 599. The highest BCUT2D eigenvalue weighted by Crippen LogP contribution is 2.21. The molecule has 2 rings (SSSR count). The zero-order valence-corrected chi connectivity index (χ0v) is 12.6. The topological polar surface area (TPSA) is 59.8 Å². The second-order valence-corrected chi connectivity index (χ2v) is 5.26. The van der Waals surface area contributed by atoms with Crippen molar-refractivity contribution in [3.63, 3.8) is 0 Å². The van der Waals surface area contributed by atoms with Gasteiger partial charge in [0.1, 0.15) is 6.33 Å². The third-order valence-electron chi connectivity index (χ3n) is 2.46. The van der Waals surface area contributed by atoms with Crippen molar-refractivity contribution in [1.82, 2.24) is 20.1 Å². The zero-order chi connectivity index (χ0) is 13.8. The number of carbonyl (C=O) groups excluding carboxylic acids is 1. The molecule has 0 aliphatic carbocycles. The third kappa shape index (κ3) is 3.78. The Morgan fingerprint density at radius 1 is 1.53 bits per heavy atom. The van der Waals surface area contributed by atoms with Gasteiger partial charge in [0.05, 0.1) is 5.56 Å². The van der Waals surface area contributed by atoms with E-state index < -0.39 is 0 Å². The number of aryl methyl sites for hydroxylation is 1. The van der Waals surface area contributed by atoms with Crippen LogP contribution < -0.4 is 5.32 Å². The van der Waals surface area contributed by atoms with Crippen molar-refractivity contribution in [3.8, 4) is 0 Å². The van der Waals surface area contributed by atoms with Crippen LogP contribution in [0.1, 0.15) is 16.2 Å². The summed E-state index contributed by atoms with van der Waals surface area (Å²) in [6, 6.07) is 5.05. The quantitative estimate of drug-likeness (QED) is 0.926. The maximum absolute atomic E-state index is 11.9. The van der Waals surface area contributed by atoms with E-state index in [4.69, 9.17) is 11.6 Å². The molecule has 0 unspecified atom stereocenters.